The quantitative estimate of drug-likeness (QED) is 0.0662. The van der Waals surface area contributed by atoms with Crippen LogP contribution in [0.3, 0.4) is 0 Å². The Morgan fingerprint density at radius 2 is 0.930 bits per heavy atom. The summed E-state index contributed by atoms with van der Waals surface area (Å²) in [7, 11) is 0. The molecule has 0 radical (unpaired) electrons. The van der Waals surface area contributed by atoms with E-state index in [-0.39, 0.29) is 0 Å². The summed E-state index contributed by atoms with van der Waals surface area (Å²) in [6, 6.07) is 11.9. The highest BCUT2D eigenvalue weighted by atomic mass is 15.1. The van der Waals surface area contributed by atoms with E-state index in [1.165, 1.54) is 185 Å². The number of aromatic nitrogens is 2. The maximum Gasteiger partial charge on any atom is 0.241 e. The van der Waals surface area contributed by atoms with Gasteiger partial charge in [-0.15, -0.1) is 0 Å². The molecule has 0 fully saturated rings. The lowest BCUT2D eigenvalue weighted by Gasteiger charge is -2.25. The summed E-state index contributed by atoms with van der Waals surface area (Å²) in [4.78, 5) is 3.35. The van der Waals surface area contributed by atoms with Crippen molar-refractivity contribution in [2.75, 3.05) is 0 Å². The molecule has 1 heterocycles. The van der Waals surface area contributed by atoms with Crippen LogP contribution in [0.4, 0.5) is 0 Å². The lowest BCUT2D eigenvalue weighted by molar-refractivity contribution is -0.730. The summed E-state index contributed by atoms with van der Waals surface area (Å²) < 4.78 is 2.50. The second kappa shape index (κ2) is 27.9. The number of imidazole rings is 1. The van der Waals surface area contributed by atoms with Gasteiger partial charge in [0.05, 0.1) is 0 Å². The summed E-state index contributed by atoms with van der Waals surface area (Å²) in [6.45, 7) is 4.62. The van der Waals surface area contributed by atoms with E-state index in [1.54, 1.807) is 0 Å². The molecule has 2 aromatic rings. The third-order valence-electron chi connectivity index (χ3n) is 9.87. The molecule has 2 heteroatoms. The average Bonchev–Trinajstić information content (AvgIpc) is 3.57. The number of nitrogens with one attached hydrogen (secondary N) is 1. The standard InChI is InChI=1S/C41H72N2/c1-3-5-7-9-11-13-14-15-16-17-18-19-20-21-22-24-29-33-40(37-39-31-27-26-28-32-39)41(43-36-35-42-38-43)34-30-25-23-12-10-8-6-4-2/h26-28,31-32,35-36,38,40-41H,3-25,29-30,33-34,37H2,1-2H3/p+1. The minimum Gasteiger partial charge on any atom is -0.250 e. The molecule has 0 amide bonds. The number of nitrogens with zero attached hydrogens (tertiary/aromatic N) is 1. The van der Waals surface area contributed by atoms with Crippen molar-refractivity contribution in [2.24, 2.45) is 5.92 Å². The molecule has 0 saturated heterocycles. The third-order valence-corrected chi connectivity index (χ3v) is 9.87. The Kier molecular flexibility index (Phi) is 24.4. The maximum atomic E-state index is 3.35. The molecular weight excluding hydrogens is 520 g/mol. The molecule has 0 saturated carbocycles. The van der Waals surface area contributed by atoms with Crippen molar-refractivity contribution in [3.8, 4) is 0 Å². The van der Waals surface area contributed by atoms with Crippen LogP contribution in [0.1, 0.15) is 199 Å². The topological polar surface area (TPSA) is 19.7 Å². The molecule has 1 aromatic carbocycles. The van der Waals surface area contributed by atoms with Crippen molar-refractivity contribution in [1.82, 2.24) is 4.98 Å². The molecule has 2 rings (SSSR count). The zero-order valence-corrected chi connectivity index (χ0v) is 29.0. The van der Waals surface area contributed by atoms with E-state index in [2.05, 4.69) is 72.5 Å². The number of hydrogen-bond acceptors (Lipinski definition) is 0. The van der Waals surface area contributed by atoms with Gasteiger partial charge in [0.2, 0.25) is 6.33 Å². The van der Waals surface area contributed by atoms with Gasteiger partial charge in [0.1, 0.15) is 18.4 Å². The van der Waals surface area contributed by atoms with Gasteiger partial charge in [-0.05, 0) is 31.2 Å². The van der Waals surface area contributed by atoms with Gasteiger partial charge in [-0.1, -0.05) is 198 Å². The van der Waals surface area contributed by atoms with Crippen molar-refractivity contribution < 1.29 is 4.57 Å². The van der Waals surface area contributed by atoms with Crippen LogP contribution in [0.25, 0.3) is 0 Å². The van der Waals surface area contributed by atoms with E-state index in [1.807, 2.05) is 0 Å². The van der Waals surface area contributed by atoms with Crippen molar-refractivity contribution in [2.45, 2.75) is 200 Å². The van der Waals surface area contributed by atoms with E-state index in [9.17, 15) is 0 Å². The molecule has 2 nitrogen and oxygen atoms in total. The van der Waals surface area contributed by atoms with Crippen LogP contribution in [0.15, 0.2) is 49.1 Å². The largest absolute Gasteiger partial charge is 0.250 e. The first-order chi connectivity index (χ1) is 21.3. The SMILES string of the molecule is CCCCCCCCCCCCCCCCCCCC(Cc1ccccc1)C(CCCCCCCCCC)[n+]1cc[nH]c1. The van der Waals surface area contributed by atoms with Gasteiger partial charge >= 0.3 is 0 Å². The molecule has 246 valence electrons. The van der Waals surface area contributed by atoms with Crippen molar-refractivity contribution in [3.63, 3.8) is 0 Å². The minimum atomic E-state index is 0.604. The molecule has 2 atom stereocenters. The van der Waals surface area contributed by atoms with Crippen LogP contribution >= 0.6 is 0 Å². The van der Waals surface area contributed by atoms with Gasteiger partial charge in [-0.25, -0.2) is 4.57 Å². The summed E-state index contributed by atoms with van der Waals surface area (Å²) in [5, 5.41) is 0. The highest BCUT2D eigenvalue weighted by molar-refractivity contribution is 5.15. The third kappa shape index (κ3) is 20.2. The first kappa shape index (κ1) is 37.6. The van der Waals surface area contributed by atoms with Gasteiger partial charge in [-0.2, -0.15) is 0 Å². The minimum absolute atomic E-state index is 0.604. The van der Waals surface area contributed by atoms with E-state index < -0.39 is 0 Å². The fourth-order valence-corrected chi connectivity index (χ4v) is 7.10. The van der Waals surface area contributed by atoms with Crippen LogP contribution in [-0.2, 0) is 6.42 Å². The fourth-order valence-electron chi connectivity index (χ4n) is 7.10. The van der Waals surface area contributed by atoms with Gasteiger partial charge < -0.3 is 0 Å². The molecular formula is C41H73N2+. The van der Waals surface area contributed by atoms with Crippen molar-refractivity contribution >= 4 is 0 Å². The highest BCUT2D eigenvalue weighted by Gasteiger charge is 2.26. The molecule has 2 unspecified atom stereocenters. The van der Waals surface area contributed by atoms with Gasteiger partial charge in [-0.3, -0.25) is 4.98 Å². The number of unbranched alkanes of at least 4 members (excludes halogenated alkanes) is 23. The summed E-state index contributed by atoms with van der Waals surface area (Å²) in [6.07, 6.45) is 46.2. The first-order valence-electron chi connectivity index (χ1n) is 19.4. The van der Waals surface area contributed by atoms with E-state index >= 15 is 0 Å². The maximum absolute atomic E-state index is 3.35. The van der Waals surface area contributed by atoms with Gasteiger partial charge in [0.25, 0.3) is 0 Å². The van der Waals surface area contributed by atoms with Crippen LogP contribution in [0.2, 0.25) is 0 Å². The predicted octanol–water partition coefficient (Wildman–Crippen LogP) is 13.3. The molecule has 43 heavy (non-hydrogen) atoms. The summed E-state index contributed by atoms with van der Waals surface area (Å²) in [5.74, 6) is 0.712. The Morgan fingerprint density at radius 3 is 1.35 bits per heavy atom. The fraction of sp³-hybridized carbons (Fsp3) is 0.780. The van der Waals surface area contributed by atoms with E-state index in [4.69, 9.17) is 0 Å². The average molecular weight is 594 g/mol. The second-order valence-electron chi connectivity index (χ2n) is 13.8. The lowest BCUT2D eigenvalue weighted by atomic mass is 9.84. The molecule has 1 N–H and O–H groups in total. The molecule has 0 bridgehead atoms. The number of H-pyrrole nitrogens is 1. The van der Waals surface area contributed by atoms with E-state index in [0.717, 1.165) is 0 Å². The van der Waals surface area contributed by atoms with Gasteiger partial charge in [0.15, 0.2) is 0 Å². The normalized spacial score (nSPS) is 13.0. The number of rotatable bonds is 31. The van der Waals surface area contributed by atoms with Crippen LogP contribution in [-0.4, -0.2) is 4.98 Å². The van der Waals surface area contributed by atoms with Crippen LogP contribution in [0.5, 0.6) is 0 Å². The number of hydrogen-bond donors (Lipinski definition) is 1. The summed E-state index contributed by atoms with van der Waals surface area (Å²) >= 11 is 0. The highest BCUT2D eigenvalue weighted by Crippen LogP contribution is 2.29. The van der Waals surface area contributed by atoms with Crippen molar-refractivity contribution in [3.05, 3.63) is 54.6 Å². The molecule has 0 aliphatic heterocycles. The van der Waals surface area contributed by atoms with Gasteiger partial charge in [0, 0.05) is 5.92 Å². The Labute approximate surface area is 269 Å². The molecule has 0 spiro atoms. The Hall–Kier alpha value is -1.57. The van der Waals surface area contributed by atoms with Crippen LogP contribution in [0, 0.1) is 5.92 Å². The smallest absolute Gasteiger partial charge is 0.241 e. The predicted molar refractivity (Wildman–Crippen MR) is 190 cm³/mol. The number of aromatic amines is 1. The summed E-state index contributed by atoms with van der Waals surface area (Å²) in [5.41, 5.74) is 1.51. The molecule has 0 aliphatic carbocycles. The monoisotopic (exact) mass is 594 g/mol. The molecule has 0 aliphatic rings. The Balaban J connectivity index is 1.64. The number of benzene rings is 1. The van der Waals surface area contributed by atoms with Crippen molar-refractivity contribution in [1.29, 1.82) is 0 Å². The Morgan fingerprint density at radius 1 is 0.512 bits per heavy atom. The zero-order chi connectivity index (χ0) is 30.5. The van der Waals surface area contributed by atoms with E-state index in [0.29, 0.717) is 12.0 Å². The lowest BCUT2D eigenvalue weighted by Crippen LogP contribution is -2.42. The first-order valence-corrected chi connectivity index (χ1v) is 19.4. The Bertz CT molecular complexity index is 798. The van der Waals surface area contributed by atoms with Crippen LogP contribution < -0.4 is 4.57 Å². The molecule has 1 aromatic heterocycles. The zero-order valence-electron chi connectivity index (χ0n) is 29.0. The second-order valence-corrected chi connectivity index (χ2v) is 13.8.